The predicted molar refractivity (Wildman–Crippen MR) is 35.0 cm³/mol. The fourth-order valence-electron chi connectivity index (χ4n) is 0.533. The molecule has 1 saturated heterocycles. The molecule has 0 spiro atoms. The molecule has 0 N–H and O–H groups in total. The van der Waals surface area contributed by atoms with Gasteiger partial charge in [0, 0.05) is 16.6 Å². The van der Waals surface area contributed by atoms with Gasteiger partial charge in [0.25, 0.3) is 0 Å². The third-order valence-electron chi connectivity index (χ3n) is 0.875. The van der Waals surface area contributed by atoms with Crippen molar-refractivity contribution in [2.24, 2.45) is 0 Å². The minimum Gasteiger partial charge on any atom is -0.259 e. The summed E-state index contributed by atoms with van der Waals surface area (Å²) in [5.74, 6) is 2.15. The molecule has 0 unspecified atom stereocenters. The molecule has 1 fully saturated rings. The van der Waals surface area contributed by atoms with Crippen LogP contribution in [0, 0.1) is 0 Å². The Balaban J connectivity index is 2.25. The van der Waals surface area contributed by atoms with Crippen molar-refractivity contribution in [2.75, 3.05) is 16.6 Å². The second-order valence-electron chi connectivity index (χ2n) is 1.52. The van der Waals surface area contributed by atoms with Crippen LogP contribution >= 0.6 is 11.8 Å². The van der Waals surface area contributed by atoms with Gasteiger partial charge in [-0.1, -0.05) is 0 Å². The Hall–Kier alpha value is 0.500. The average Bonchev–Trinajstić information content (AvgIpc) is 1.69. The molecule has 1 aliphatic rings. The highest BCUT2D eigenvalue weighted by atomic mass is 32.2. The van der Waals surface area contributed by atoms with Crippen LogP contribution in [0.2, 0.25) is 0 Å². The summed E-state index contributed by atoms with van der Waals surface area (Å²) in [6.45, 7) is 0. The molecule has 1 aliphatic heterocycles. The fourth-order valence-corrected chi connectivity index (χ4v) is 3.22. The first-order chi connectivity index (χ1) is 3.39. The van der Waals surface area contributed by atoms with E-state index in [0.29, 0.717) is 0 Å². The zero-order chi connectivity index (χ0) is 5.11. The largest absolute Gasteiger partial charge is 0.259 e. The minimum absolute atomic E-state index is 0.477. The molecule has 0 amide bonds. The third kappa shape index (κ3) is 1.82. The lowest BCUT2D eigenvalue weighted by atomic mass is 10.6. The van der Waals surface area contributed by atoms with Crippen LogP contribution in [0.25, 0.3) is 0 Å². The molecule has 0 aliphatic carbocycles. The van der Waals surface area contributed by atoms with Gasteiger partial charge in [-0.3, -0.25) is 4.21 Å². The van der Waals surface area contributed by atoms with Gasteiger partial charge in [0.2, 0.25) is 0 Å². The van der Waals surface area contributed by atoms with Gasteiger partial charge in [-0.25, -0.2) is 0 Å². The van der Waals surface area contributed by atoms with Gasteiger partial charge in [-0.05, 0) is 12.2 Å². The summed E-state index contributed by atoms with van der Waals surface area (Å²) in [5.41, 5.74) is 0. The summed E-state index contributed by atoms with van der Waals surface area (Å²) >= 11 is 1.80. The van der Waals surface area contributed by atoms with E-state index in [1.807, 2.05) is 0 Å². The van der Waals surface area contributed by atoms with Gasteiger partial charge in [0.15, 0.2) is 0 Å². The van der Waals surface area contributed by atoms with E-state index < -0.39 is 10.8 Å². The molecule has 3 heteroatoms. The Morgan fingerprint density at radius 2 is 2.43 bits per heavy atom. The molecular formula is C4H8OS2. The van der Waals surface area contributed by atoms with Crippen LogP contribution in [-0.4, -0.2) is 20.8 Å². The molecule has 1 heterocycles. The van der Waals surface area contributed by atoms with Crippen molar-refractivity contribution in [2.45, 2.75) is 6.42 Å². The maximum atomic E-state index is 10.6. The zero-order valence-corrected chi connectivity index (χ0v) is 5.69. The number of hydrogen-bond donors (Lipinski definition) is 0. The Morgan fingerprint density at radius 3 is 2.71 bits per heavy atom. The summed E-state index contributed by atoms with van der Waals surface area (Å²) in [5, 5.41) is 0.875. The Kier molecular flexibility index (Phi) is 2.19. The number of rotatable bonds is 0. The van der Waals surface area contributed by atoms with Crippen LogP contribution in [-0.2, 0) is 10.8 Å². The molecule has 42 valence electrons. The van der Waals surface area contributed by atoms with Gasteiger partial charge in [0.05, 0.1) is 5.08 Å². The summed E-state index contributed by atoms with van der Waals surface area (Å²) in [7, 11) is -0.477. The predicted octanol–water partition coefficient (Wildman–Crippen LogP) is 0.830. The quantitative estimate of drug-likeness (QED) is 0.490. The van der Waals surface area contributed by atoms with Gasteiger partial charge in [-0.2, -0.15) is 0 Å². The van der Waals surface area contributed by atoms with Crippen molar-refractivity contribution in [1.82, 2.24) is 0 Å². The average molecular weight is 136 g/mol. The molecule has 1 atom stereocenters. The number of hydrogen-bond acceptors (Lipinski definition) is 2. The molecule has 0 radical (unpaired) electrons. The van der Waals surface area contributed by atoms with Crippen LogP contribution in [0.3, 0.4) is 0 Å². The van der Waals surface area contributed by atoms with Crippen LogP contribution in [0.4, 0.5) is 0 Å². The maximum Gasteiger partial charge on any atom is 0.0692 e. The molecule has 0 bridgehead atoms. The van der Waals surface area contributed by atoms with Crippen molar-refractivity contribution in [1.29, 1.82) is 0 Å². The smallest absolute Gasteiger partial charge is 0.0692 e. The van der Waals surface area contributed by atoms with E-state index in [9.17, 15) is 4.21 Å². The molecule has 7 heavy (non-hydrogen) atoms. The van der Waals surface area contributed by atoms with E-state index in [2.05, 4.69) is 0 Å². The maximum absolute atomic E-state index is 10.6. The highest BCUT2D eigenvalue weighted by molar-refractivity contribution is 8.10. The monoisotopic (exact) mass is 136 g/mol. The molecular weight excluding hydrogens is 128 g/mol. The minimum atomic E-state index is -0.477. The van der Waals surface area contributed by atoms with Crippen molar-refractivity contribution in [3.63, 3.8) is 0 Å². The Labute approximate surface area is 50.3 Å². The van der Waals surface area contributed by atoms with Crippen LogP contribution in [0.1, 0.15) is 6.42 Å². The van der Waals surface area contributed by atoms with Crippen LogP contribution in [0.15, 0.2) is 0 Å². The first-order valence-corrected chi connectivity index (χ1v) is 4.96. The van der Waals surface area contributed by atoms with Crippen molar-refractivity contribution < 1.29 is 4.21 Å². The molecule has 0 aromatic heterocycles. The molecule has 1 rings (SSSR count). The van der Waals surface area contributed by atoms with Gasteiger partial charge in [-0.15, -0.1) is 11.8 Å². The second-order valence-corrected chi connectivity index (χ2v) is 4.57. The standard InChI is InChI=1S/C4H8OS2/c5-7-3-1-2-6-4-7/h1-4H2/t7-/m1/s1. The first-order valence-electron chi connectivity index (χ1n) is 2.32. The molecule has 0 aromatic carbocycles. The lowest BCUT2D eigenvalue weighted by Gasteiger charge is -2.06. The summed E-state index contributed by atoms with van der Waals surface area (Å²) in [6.07, 6.45) is 1.15. The lowest BCUT2D eigenvalue weighted by molar-refractivity contribution is 0.684. The van der Waals surface area contributed by atoms with Gasteiger partial charge < -0.3 is 0 Å². The van der Waals surface area contributed by atoms with Gasteiger partial charge in [0.1, 0.15) is 0 Å². The summed E-state index contributed by atoms with van der Waals surface area (Å²) < 4.78 is 10.6. The van der Waals surface area contributed by atoms with E-state index in [1.54, 1.807) is 11.8 Å². The summed E-state index contributed by atoms with van der Waals surface area (Å²) in [6, 6.07) is 0. The van der Waals surface area contributed by atoms with Crippen molar-refractivity contribution >= 4 is 22.6 Å². The first kappa shape index (κ1) is 5.63. The van der Waals surface area contributed by atoms with E-state index in [4.69, 9.17) is 0 Å². The normalized spacial score (nSPS) is 32.9. The van der Waals surface area contributed by atoms with Crippen molar-refractivity contribution in [3.05, 3.63) is 0 Å². The lowest BCUT2D eigenvalue weighted by Crippen LogP contribution is -2.07. The molecule has 0 aromatic rings. The fraction of sp³-hybridized carbons (Fsp3) is 1.00. The third-order valence-corrected chi connectivity index (χ3v) is 3.92. The number of thioether (sulfide) groups is 1. The van der Waals surface area contributed by atoms with Crippen molar-refractivity contribution in [3.8, 4) is 0 Å². The zero-order valence-electron chi connectivity index (χ0n) is 4.05. The highest BCUT2D eigenvalue weighted by Gasteiger charge is 2.04. The van der Waals surface area contributed by atoms with Crippen LogP contribution < -0.4 is 0 Å². The second kappa shape index (κ2) is 2.72. The van der Waals surface area contributed by atoms with E-state index in [1.165, 1.54) is 5.75 Å². The van der Waals surface area contributed by atoms with E-state index >= 15 is 0 Å². The highest BCUT2D eigenvalue weighted by Crippen LogP contribution is 2.11. The topological polar surface area (TPSA) is 17.1 Å². The molecule has 1 nitrogen and oxygen atoms in total. The van der Waals surface area contributed by atoms with E-state index in [-0.39, 0.29) is 0 Å². The van der Waals surface area contributed by atoms with Gasteiger partial charge >= 0.3 is 0 Å². The summed E-state index contributed by atoms with van der Waals surface area (Å²) in [4.78, 5) is 0. The SMILES string of the molecule is O=[S@@]1CCCSC1. The molecule has 0 saturated carbocycles. The Bertz CT molecular complexity index is 73.8. The van der Waals surface area contributed by atoms with Crippen LogP contribution in [0.5, 0.6) is 0 Å². The van der Waals surface area contributed by atoms with E-state index in [0.717, 1.165) is 17.3 Å². The Morgan fingerprint density at radius 1 is 1.57 bits per heavy atom.